The Kier molecular flexibility index (Phi) is 5.85. The summed E-state index contributed by atoms with van der Waals surface area (Å²) in [5.41, 5.74) is 1.81. The van der Waals surface area contributed by atoms with Crippen molar-refractivity contribution >= 4 is 34.6 Å². The van der Waals surface area contributed by atoms with Crippen molar-refractivity contribution in [1.82, 2.24) is 29.4 Å². The Morgan fingerprint density at radius 2 is 1.92 bits per heavy atom. The van der Waals surface area contributed by atoms with E-state index in [1.165, 1.54) is 11.0 Å². The van der Waals surface area contributed by atoms with Crippen molar-refractivity contribution in [1.29, 1.82) is 0 Å². The van der Waals surface area contributed by atoms with Gasteiger partial charge in [-0.05, 0) is 51.5 Å². The molecule has 2 aliphatic heterocycles. The number of aromatic nitrogens is 5. The van der Waals surface area contributed by atoms with Gasteiger partial charge in [0.05, 0.1) is 23.6 Å². The summed E-state index contributed by atoms with van der Waals surface area (Å²) in [7, 11) is 0. The molecule has 10 nitrogen and oxygen atoms in total. The number of rotatable bonds is 4. The highest BCUT2D eigenvalue weighted by atomic mass is 19.1. The molecule has 1 fully saturated rings. The van der Waals surface area contributed by atoms with E-state index >= 15 is 4.39 Å². The number of carbonyl (C=O) groups is 1. The number of fused-ring (bicyclic) bond motifs is 3. The second-order valence-corrected chi connectivity index (χ2v) is 10.7. The van der Waals surface area contributed by atoms with Crippen molar-refractivity contribution in [2.75, 3.05) is 29.9 Å². The number of amides is 1. The molecule has 1 saturated heterocycles. The Morgan fingerprint density at radius 1 is 1.10 bits per heavy atom. The van der Waals surface area contributed by atoms with Crippen LogP contribution in [0, 0.1) is 11.6 Å². The number of pyridine rings is 1. The number of hydrogen-bond donors (Lipinski definition) is 2. The Bertz CT molecular complexity index is 1590. The van der Waals surface area contributed by atoms with Gasteiger partial charge in [0.1, 0.15) is 22.9 Å². The Balaban J connectivity index is 1.25. The second-order valence-electron chi connectivity index (χ2n) is 10.7. The lowest BCUT2D eigenvalue weighted by Gasteiger charge is -2.39. The topological polar surface area (TPSA) is 112 Å². The Hall–Kier alpha value is -4.35. The van der Waals surface area contributed by atoms with Crippen LogP contribution < -0.4 is 10.2 Å². The van der Waals surface area contributed by atoms with Crippen LogP contribution in [0.4, 0.5) is 31.0 Å². The summed E-state index contributed by atoms with van der Waals surface area (Å²) in [6.07, 6.45) is 3.47. The van der Waals surface area contributed by atoms with Crippen molar-refractivity contribution in [3.63, 3.8) is 0 Å². The number of carboxylic acid groups (broad SMARTS) is 1. The highest BCUT2D eigenvalue weighted by molar-refractivity contribution is 5.83. The minimum Gasteiger partial charge on any atom is -0.465 e. The third-order valence-corrected chi connectivity index (χ3v) is 7.59. The molecule has 5 heterocycles. The van der Waals surface area contributed by atoms with E-state index in [2.05, 4.69) is 44.0 Å². The Labute approximate surface area is 223 Å². The van der Waals surface area contributed by atoms with Gasteiger partial charge in [0.2, 0.25) is 5.95 Å². The van der Waals surface area contributed by atoms with Gasteiger partial charge < -0.3 is 24.8 Å². The number of piperazine rings is 1. The van der Waals surface area contributed by atoms with E-state index in [4.69, 9.17) is 0 Å². The third-order valence-electron chi connectivity index (χ3n) is 7.59. The van der Waals surface area contributed by atoms with Crippen LogP contribution in [0.2, 0.25) is 0 Å². The first-order valence-corrected chi connectivity index (χ1v) is 12.8. The van der Waals surface area contributed by atoms with Gasteiger partial charge in [0, 0.05) is 43.2 Å². The first kappa shape index (κ1) is 25.0. The van der Waals surface area contributed by atoms with Crippen LogP contribution in [-0.2, 0) is 12.0 Å². The first-order chi connectivity index (χ1) is 18.6. The summed E-state index contributed by atoms with van der Waals surface area (Å²) >= 11 is 0. The number of anilines is 3. The molecule has 1 unspecified atom stereocenters. The molecule has 2 N–H and O–H groups in total. The van der Waals surface area contributed by atoms with E-state index < -0.39 is 17.7 Å². The molecule has 12 heteroatoms. The van der Waals surface area contributed by atoms with Crippen molar-refractivity contribution in [2.45, 2.75) is 45.2 Å². The fraction of sp³-hybridized carbons (Fsp3) is 0.370. The number of benzene rings is 1. The van der Waals surface area contributed by atoms with E-state index in [9.17, 15) is 14.3 Å². The molecule has 6 rings (SSSR count). The minimum atomic E-state index is -0.918. The van der Waals surface area contributed by atoms with Crippen molar-refractivity contribution in [3.8, 4) is 11.3 Å². The molecular formula is C27H28F2N8O2. The lowest BCUT2D eigenvalue weighted by Crippen LogP contribution is -2.53. The van der Waals surface area contributed by atoms with Crippen LogP contribution in [0.15, 0.2) is 36.7 Å². The molecular weight excluding hydrogens is 506 g/mol. The zero-order chi connectivity index (χ0) is 27.5. The van der Waals surface area contributed by atoms with E-state index in [1.54, 1.807) is 18.3 Å². The molecule has 1 atom stereocenters. The van der Waals surface area contributed by atoms with Crippen LogP contribution in [0.1, 0.15) is 33.0 Å². The standard InChI is InChI=1S/C27H28F2N8O2/c1-15-14-35(8-9-36(15)26(38)39)17-4-5-21(30-12-17)32-25-31-13-19(29)23(34-25)16-10-18(28)24-20(11-16)37-22(33-24)6-7-27(37,2)3/h4-5,10-13,15H,6-9,14H2,1-3H3,(H,38,39)(H,30,31,32,34). The number of nitrogens with zero attached hydrogens (tertiary/aromatic N) is 7. The zero-order valence-corrected chi connectivity index (χ0v) is 21.8. The van der Waals surface area contributed by atoms with Crippen LogP contribution in [0.5, 0.6) is 0 Å². The molecule has 0 spiro atoms. The maximum Gasteiger partial charge on any atom is 0.407 e. The molecule has 0 aliphatic carbocycles. The first-order valence-electron chi connectivity index (χ1n) is 12.8. The molecule has 2 aliphatic rings. The molecule has 1 amide bonds. The smallest absolute Gasteiger partial charge is 0.407 e. The van der Waals surface area contributed by atoms with Crippen molar-refractivity contribution in [3.05, 3.63) is 54.1 Å². The van der Waals surface area contributed by atoms with E-state index in [-0.39, 0.29) is 28.7 Å². The molecule has 0 radical (unpaired) electrons. The lowest BCUT2D eigenvalue weighted by molar-refractivity contribution is 0.122. The van der Waals surface area contributed by atoms with Gasteiger partial charge in [-0.2, -0.15) is 0 Å². The largest absolute Gasteiger partial charge is 0.465 e. The van der Waals surface area contributed by atoms with Crippen LogP contribution in [0.25, 0.3) is 22.3 Å². The van der Waals surface area contributed by atoms with Gasteiger partial charge in [-0.25, -0.2) is 33.5 Å². The van der Waals surface area contributed by atoms with Crippen molar-refractivity contribution in [2.24, 2.45) is 0 Å². The molecule has 0 bridgehead atoms. The predicted molar refractivity (Wildman–Crippen MR) is 142 cm³/mol. The molecule has 1 aromatic carbocycles. The number of aryl methyl sites for hydroxylation is 1. The van der Waals surface area contributed by atoms with Crippen LogP contribution >= 0.6 is 0 Å². The molecule has 3 aromatic heterocycles. The predicted octanol–water partition coefficient (Wildman–Crippen LogP) is 4.78. The van der Waals surface area contributed by atoms with Crippen molar-refractivity contribution < 1.29 is 18.7 Å². The molecule has 202 valence electrons. The van der Waals surface area contributed by atoms with Gasteiger partial charge in [-0.3, -0.25) is 0 Å². The third kappa shape index (κ3) is 4.39. The maximum atomic E-state index is 15.1. The number of hydrogen-bond acceptors (Lipinski definition) is 7. The monoisotopic (exact) mass is 534 g/mol. The summed E-state index contributed by atoms with van der Waals surface area (Å²) in [6, 6.07) is 6.47. The summed E-state index contributed by atoms with van der Waals surface area (Å²) in [4.78, 5) is 32.1. The lowest BCUT2D eigenvalue weighted by atomic mass is 10.0. The average Bonchev–Trinajstić information content (AvgIpc) is 3.43. The van der Waals surface area contributed by atoms with E-state index in [0.29, 0.717) is 36.5 Å². The SMILES string of the molecule is CC1CN(c2ccc(Nc3ncc(F)c(-c4cc(F)c5nc6n(c5c4)C(C)(C)CC6)n3)nc2)CCN1C(=O)O. The maximum absolute atomic E-state index is 15.1. The van der Waals surface area contributed by atoms with Crippen LogP contribution in [-0.4, -0.2) is 66.3 Å². The second kappa shape index (κ2) is 9.14. The van der Waals surface area contributed by atoms with Gasteiger partial charge in [-0.15, -0.1) is 0 Å². The van der Waals surface area contributed by atoms with E-state index in [1.807, 2.05) is 17.6 Å². The number of nitrogens with one attached hydrogen (secondary N) is 1. The fourth-order valence-corrected chi connectivity index (χ4v) is 5.56. The highest BCUT2D eigenvalue weighted by Crippen LogP contribution is 2.38. The normalized spacial score (nSPS) is 18.4. The van der Waals surface area contributed by atoms with Gasteiger partial charge in [0.15, 0.2) is 11.6 Å². The summed E-state index contributed by atoms with van der Waals surface area (Å²) in [5.74, 6) is 0.200. The number of imidazole rings is 1. The molecule has 0 saturated carbocycles. The van der Waals surface area contributed by atoms with Crippen LogP contribution in [0.3, 0.4) is 0 Å². The fourth-order valence-electron chi connectivity index (χ4n) is 5.56. The van der Waals surface area contributed by atoms with Gasteiger partial charge in [0.25, 0.3) is 0 Å². The highest BCUT2D eigenvalue weighted by Gasteiger charge is 2.33. The quantitative estimate of drug-likeness (QED) is 0.385. The van der Waals surface area contributed by atoms with Gasteiger partial charge in [-0.1, -0.05) is 0 Å². The minimum absolute atomic E-state index is 0.0263. The summed E-state index contributed by atoms with van der Waals surface area (Å²) in [5, 5.41) is 12.3. The molecule has 39 heavy (non-hydrogen) atoms. The van der Waals surface area contributed by atoms with Gasteiger partial charge >= 0.3 is 6.09 Å². The average molecular weight is 535 g/mol. The Morgan fingerprint density at radius 3 is 2.64 bits per heavy atom. The summed E-state index contributed by atoms with van der Waals surface area (Å²) < 4.78 is 32.0. The number of halogens is 2. The van der Waals surface area contributed by atoms with E-state index in [0.717, 1.165) is 30.6 Å². The summed E-state index contributed by atoms with van der Waals surface area (Å²) in [6.45, 7) is 7.57. The molecule has 4 aromatic rings. The zero-order valence-electron chi connectivity index (χ0n) is 21.8.